The third-order valence-corrected chi connectivity index (χ3v) is 14.6. The Hall–Kier alpha value is -9.62. The molecule has 4 N–H and O–H groups in total. The van der Waals surface area contributed by atoms with Gasteiger partial charge in [-0.05, 0) is 93.9 Å². The number of carbonyl (C=O) groups is 4. The minimum Gasteiger partial charge on any atom is -0.467 e. The molecule has 2 aromatic heterocycles. The first-order valence-electron chi connectivity index (χ1n) is 26.8. The van der Waals surface area contributed by atoms with E-state index >= 15 is 30.7 Å². The van der Waals surface area contributed by atoms with Gasteiger partial charge in [0.1, 0.15) is 46.5 Å². The van der Waals surface area contributed by atoms with E-state index in [9.17, 15) is 50.7 Å². The highest BCUT2D eigenvalue weighted by atomic mass is 19.4. The number of ether oxygens (including phenoxy) is 2. The second-order valence-corrected chi connectivity index (χ2v) is 20.3. The van der Waals surface area contributed by atoms with Crippen molar-refractivity contribution in [3.8, 4) is 28.1 Å². The number of rotatable bonds is 19. The smallest absolute Gasteiger partial charge is 0.417 e. The van der Waals surface area contributed by atoms with Crippen molar-refractivity contribution >= 4 is 56.7 Å². The van der Waals surface area contributed by atoms with Gasteiger partial charge >= 0.3 is 24.3 Å². The molecule has 0 bridgehead atoms. The van der Waals surface area contributed by atoms with E-state index in [2.05, 4.69) is 21.3 Å². The fourth-order valence-electron chi connectivity index (χ4n) is 9.99. The Kier molecular flexibility index (Phi) is 18.8. The maximum absolute atomic E-state index is 15.7. The normalized spacial score (nSPS) is 13.2. The van der Waals surface area contributed by atoms with Gasteiger partial charge in [-0.1, -0.05) is 86.6 Å². The predicted molar refractivity (Wildman–Crippen MR) is 302 cm³/mol. The van der Waals surface area contributed by atoms with Gasteiger partial charge in [0.25, 0.3) is 22.9 Å². The lowest BCUT2D eigenvalue weighted by molar-refractivity contribution is -0.143. The third-order valence-electron chi connectivity index (χ3n) is 14.6. The van der Waals surface area contributed by atoms with Gasteiger partial charge in [-0.15, -0.1) is 0 Å². The summed E-state index contributed by atoms with van der Waals surface area (Å²) in [5.41, 5.74) is -11.0. The van der Waals surface area contributed by atoms with Crippen LogP contribution >= 0.6 is 0 Å². The van der Waals surface area contributed by atoms with Crippen LogP contribution in [0.25, 0.3) is 43.8 Å². The molecule has 462 valence electrons. The number of esters is 2. The highest BCUT2D eigenvalue weighted by Crippen LogP contribution is 2.42. The fraction of sp³-hybridized carbons (Fsp3) is 0.258. The number of methoxy groups -OCH3 is 1. The van der Waals surface area contributed by atoms with Gasteiger partial charge < -0.3 is 35.3 Å². The van der Waals surface area contributed by atoms with Crippen molar-refractivity contribution in [2.24, 2.45) is 14.1 Å². The van der Waals surface area contributed by atoms with E-state index < -0.39 is 153 Å². The van der Waals surface area contributed by atoms with Gasteiger partial charge in [-0.2, -0.15) is 26.3 Å². The molecular formula is C62H52F12N6O8. The number of anilines is 2. The van der Waals surface area contributed by atoms with Crippen LogP contribution in [-0.4, -0.2) is 64.7 Å². The Morgan fingerprint density at radius 3 is 1.30 bits per heavy atom. The molecule has 0 saturated heterocycles. The number of alkyl halides is 8. The molecule has 0 aliphatic heterocycles. The maximum Gasteiger partial charge on any atom is 0.417 e. The minimum absolute atomic E-state index is 0.00231. The Labute approximate surface area is 492 Å². The second-order valence-electron chi connectivity index (χ2n) is 20.3. The number of nitrogens with one attached hydrogen (secondary N) is 4. The number of nitrogens with zero attached hydrogens (tertiary/aromatic N) is 2. The SMILES string of the molecule is CC[C@H](F)Nc1cc(F)c(C(=O)N[C@@H](Cc2ccc(-c3c(C(F)(F)F)cc(OC(=O)[C@H](Cc4ccc(-c5c(C(F)(F)F)cc(C)n(C)c5=O)c5ccccc45)NC(=O)c4c(F)cc(N[C@@H](F)CC)cc4F)n(C)c3=O)c3ccccc23)C(=O)OC)c(F)c1. The monoisotopic (exact) mass is 1240 g/mol. The molecule has 0 saturated carbocycles. The van der Waals surface area contributed by atoms with Crippen LogP contribution in [0.3, 0.4) is 0 Å². The summed E-state index contributed by atoms with van der Waals surface area (Å²) in [6.07, 6.45) is -15.5. The average Bonchev–Trinajstić information content (AvgIpc) is 0.856. The van der Waals surface area contributed by atoms with Crippen molar-refractivity contribution in [1.82, 2.24) is 19.8 Å². The zero-order valence-corrected chi connectivity index (χ0v) is 47.2. The van der Waals surface area contributed by atoms with Gasteiger partial charge in [0.05, 0.1) is 29.4 Å². The molecule has 2 amide bonds. The molecule has 26 heteroatoms. The molecule has 14 nitrogen and oxygen atoms in total. The number of hydrogen-bond acceptors (Lipinski definition) is 10. The van der Waals surface area contributed by atoms with Crippen LogP contribution in [-0.2, 0) is 53.6 Å². The highest BCUT2D eigenvalue weighted by Gasteiger charge is 2.40. The van der Waals surface area contributed by atoms with Gasteiger partial charge in [0.2, 0.25) is 5.88 Å². The van der Waals surface area contributed by atoms with Crippen molar-refractivity contribution in [3.63, 3.8) is 0 Å². The minimum atomic E-state index is -5.44. The number of amides is 2. The van der Waals surface area contributed by atoms with Crippen molar-refractivity contribution in [2.45, 2.75) is 83.5 Å². The predicted octanol–water partition coefficient (Wildman–Crippen LogP) is 12.3. The average molecular weight is 1240 g/mol. The van der Waals surface area contributed by atoms with E-state index in [1.165, 1.54) is 88.5 Å². The van der Waals surface area contributed by atoms with Gasteiger partial charge in [0, 0.05) is 50.1 Å². The van der Waals surface area contributed by atoms with Crippen LogP contribution < -0.4 is 37.1 Å². The first kappa shape index (κ1) is 64.4. The van der Waals surface area contributed by atoms with Crippen molar-refractivity contribution in [1.29, 1.82) is 0 Å². The number of hydrogen-bond donors (Lipinski definition) is 4. The standard InChI is InChI=1S/C62H52F12N6O8/c1-7-48(67)75-32-24-42(63)53(43(64)25-32)55(81)77-46(59(85)87-6)22-30-17-20-39(37-16-12-9-13-34(30)37)52-41(62(72,73)74)28-50(80(5)58(52)84)88-60(86)47(78-56(82)54-44(65)26-33(27-45(54)66)76-49(68)8-2)23-31-18-19-38(36-15-11-10-14-35(31)36)51-40(61(69,70)71)21-29(3)79(4)57(51)83/h9-21,24-28,46-49,75-76H,7-8,22-23H2,1-6H3,(H,77,81)(H,78,82)/t46-,47-,48+,49+/m0/s1. The van der Waals surface area contributed by atoms with Crippen LogP contribution in [0.5, 0.6) is 5.88 Å². The Morgan fingerprint density at radius 1 is 0.534 bits per heavy atom. The van der Waals surface area contributed by atoms with Crippen LogP contribution in [0.2, 0.25) is 0 Å². The molecule has 88 heavy (non-hydrogen) atoms. The van der Waals surface area contributed by atoms with E-state index in [1.54, 1.807) is 0 Å². The summed E-state index contributed by atoms with van der Waals surface area (Å²) in [6.45, 7) is 4.17. The molecule has 8 aromatic rings. The Morgan fingerprint density at radius 2 is 0.909 bits per heavy atom. The lowest BCUT2D eigenvalue weighted by atomic mass is 9.90. The quantitative estimate of drug-likeness (QED) is 0.0346. The van der Waals surface area contributed by atoms with Crippen molar-refractivity contribution in [2.75, 3.05) is 17.7 Å². The summed E-state index contributed by atoms with van der Waals surface area (Å²) in [7, 11) is 3.11. The molecule has 2 heterocycles. The lowest BCUT2D eigenvalue weighted by Gasteiger charge is -2.23. The second kappa shape index (κ2) is 25.8. The van der Waals surface area contributed by atoms with E-state index in [1.807, 2.05) is 0 Å². The number of carbonyl (C=O) groups excluding carboxylic acids is 4. The number of pyridine rings is 2. The summed E-state index contributed by atoms with van der Waals surface area (Å²) in [4.78, 5) is 83.3. The van der Waals surface area contributed by atoms with Gasteiger partial charge in [-0.25, -0.2) is 35.9 Å². The molecule has 4 atom stereocenters. The van der Waals surface area contributed by atoms with E-state index in [0.29, 0.717) is 28.8 Å². The van der Waals surface area contributed by atoms with Crippen LogP contribution in [0.1, 0.15) is 75.4 Å². The number of benzene rings is 6. The summed E-state index contributed by atoms with van der Waals surface area (Å²) in [5, 5.41) is 8.82. The number of aromatic nitrogens is 2. The molecular weight excluding hydrogens is 1180 g/mol. The van der Waals surface area contributed by atoms with E-state index in [0.717, 1.165) is 36.9 Å². The molecule has 0 aliphatic carbocycles. The van der Waals surface area contributed by atoms with Crippen LogP contribution in [0.4, 0.5) is 64.1 Å². The van der Waals surface area contributed by atoms with E-state index in [4.69, 9.17) is 9.47 Å². The number of fused-ring (bicyclic) bond motifs is 2. The number of aryl methyl sites for hydroxylation is 1. The molecule has 0 fully saturated rings. The fourth-order valence-corrected chi connectivity index (χ4v) is 9.99. The summed E-state index contributed by atoms with van der Waals surface area (Å²) in [6, 6.07) is 15.3. The molecule has 6 aromatic carbocycles. The summed E-state index contributed by atoms with van der Waals surface area (Å²) >= 11 is 0. The number of halogens is 12. The maximum atomic E-state index is 15.7. The van der Waals surface area contributed by atoms with Gasteiger partial charge in [0.15, 0.2) is 12.6 Å². The van der Waals surface area contributed by atoms with Crippen LogP contribution in [0, 0.1) is 30.2 Å². The Bertz CT molecular complexity index is 4160. The van der Waals surface area contributed by atoms with Crippen LogP contribution in [0.15, 0.2) is 119 Å². The van der Waals surface area contributed by atoms with Crippen molar-refractivity contribution in [3.05, 3.63) is 192 Å². The summed E-state index contributed by atoms with van der Waals surface area (Å²) in [5.74, 6) is -13.0. The van der Waals surface area contributed by atoms with Crippen molar-refractivity contribution < 1.29 is 81.3 Å². The topological polar surface area (TPSA) is 179 Å². The summed E-state index contributed by atoms with van der Waals surface area (Å²) < 4.78 is 192. The first-order chi connectivity index (χ1) is 41.5. The lowest BCUT2D eigenvalue weighted by Crippen LogP contribution is -2.45. The molecule has 0 spiro atoms. The highest BCUT2D eigenvalue weighted by molar-refractivity contribution is 6.03. The molecule has 8 rings (SSSR count). The Balaban J connectivity index is 1.19. The third kappa shape index (κ3) is 13.3. The van der Waals surface area contributed by atoms with E-state index in [-0.39, 0.29) is 74.1 Å². The first-order valence-corrected chi connectivity index (χ1v) is 26.8. The molecule has 0 radical (unpaired) electrons. The largest absolute Gasteiger partial charge is 0.467 e. The molecule has 0 aliphatic rings. The van der Waals surface area contributed by atoms with Gasteiger partial charge in [-0.3, -0.25) is 23.7 Å². The molecule has 0 unspecified atom stereocenters. The zero-order chi connectivity index (χ0) is 64.4. The zero-order valence-electron chi connectivity index (χ0n) is 47.2.